The molecule has 0 saturated carbocycles. The van der Waals surface area contributed by atoms with E-state index in [0.29, 0.717) is 12.5 Å². The Kier molecular flexibility index (Phi) is 3.46. The van der Waals surface area contributed by atoms with Crippen molar-refractivity contribution in [2.45, 2.75) is 38.6 Å². The highest BCUT2D eigenvalue weighted by molar-refractivity contribution is 5.56. The number of para-hydroxylation sites is 1. The first-order chi connectivity index (χ1) is 7.83. The summed E-state index contributed by atoms with van der Waals surface area (Å²) in [5.41, 5.74) is 2.83. The summed E-state index contributed by atoms with van der Waals surface area (Å²) < 4.78 is 0. The topological polar surface area (TPSA) is 27.0 Å². The lowest BCUT2D eigenvalue weighted by Crippen LogP contribution is -2.37. The lowest BCUT2D eigenvalue weighted by molar-refractivity contribution is 0.554. The van der Waals surface area contributed by atoms with Gasteiger partial charge in [-0.1, -0.05) is 18.2 Å². The molecule has 0 aromatic heterocycles. The van der Waals surface area contributed by atoms with Crippen molar-refractivity contribution < 1.29 is 0 Å². The Balaban J connectivity index is 2.14. The molecule has 0 spiro atoms. The van der Waals surface area contributed by atoms with E-state index in [2.05, 4.69) is 42.2 Å². The zero-order valence-electron chi connectivity index (χ0n) is 9.82. The van der Waals surface area contributed by atoms with Gasteiger partial charge in [0.1, 0.15) is 0 Å². The molecule has 0 aliphatic carbocycles. The van der Waals surface area contributed by atoms with E-state index in [-0.39, 0.29) is 0 Å². The minimum atomic E-state index is 0.605. The first kappa shape index (κ1) is 11.0. The van der Waals surface area contributed by atoms with Crippen LogP contribution in [-0.4, -0.2) is 12.6 Å². The maximum atomic E-state index is 8.59. The largest absolute Gasteiger partial charge is 0.369 e. The number of aryl methyl sites for hydroxylation is 1. The fraction of sp³-hybridized carbons (Fsp3) is 0.500. The molecule has 2 rings (SSSR count). The number of hydrogen-bond acceptors (Lipinski definition) is 2. The molecule has 84 valence electrons. The highest BCUT2D eigenvalue weighted by Gasteiger charge is 2.21. The van der Waals surface area contributed by atoms with E-state index in [4.69, 9.17) is 5.26 Å². The number of benzene rings is 1. The van der Waals surface area contributed by atoms with Crippen molar-refractivity contribution in [3.8, 4) is 6.07 Å². The van der Waals surface area contributed by atoms with Crippen LogP contribution in [0.4, 0.5) is 5.69 Å². The molecule has 1 aliphatic heterocycles. The van der Waals surface area contributed by atoms with Gasteiger partial charge in [0.25, 0.3) is 0 Å². The number of nitriles is 1. The molecule has 0 N–H and O–H groups in total. The van der Waals surface area contributed by atoms with Gasteiger partial charge in [-0.15, -0.1) is 0 Å². The van der Waals surface area contributed by atoms with Gasteiger partial charge in [-0.25, -0.2) is 0 Å². The van der Waals surface area contributed by atoms with E-state index in [9.17, 15) is 0 Å². The van der Waals surface area contributed by atoms with Gasteiger partial charge in [-0.05, 0) is 37.8 Å². The number of nitrogens with zero attached hydrogens (tertiary/aromatic N) is 2. The molecule has 1 aliphatic rings. The highest BCUT2D eigenvalue weighted by atomic mass is 15.2. The number of hydrogen-bond donors (Lipinski definition) is 0. The summed E-state index contributed by atoms with van der Waals surface area (Å²) in [4.78, 5) is 2.45. The summed E-state index contributed by atoms with van der Waals surface area (Å²) in [6, 6.07) is 11.5. The zero-order valence-corrected chi connectivity index (χ0v) is 9.82. The minimum absolute atomic E-state index is 0.605. The molecule has 2 heteroatoms. The van der Waals surface area contributed by atoms with Crippen LogP contribution in [-0.2, 0) is 6.42 Å². The van der Waals surface area contributed by atoms with Crippen LogP contribution in [0.3, 0.4) is 0 Å². The standard InChI is InChI=1S/C14H18N2/c1-12-8-9-13-6-2-3-7-14(13)16(12)11-5-4-10-15/h2-3,6-7,12H,4-5,8-9,11H2,1H3. The smallest absolute Gasteiger partial charge is 0.0622 e. The van der Waals surface area contributed by atoms with E-state index < -0.39 is 0 Å². The lowest BCUT2D eigenvalue weighted by atomic mass is 9.96. The highest BCUT2D eigenvalue weighted by Crippen LogP contribution is 2.30. The van der Waals surface area contributed by atoms with Crippen molar-refractivity contribution in [1.29, 1.82) is 5.26 Å². The maximum Gasteiger partial charge on any atom is 0.0622 e. The molecule has 0 radical (unpaired) electrons. The summed E-state index contributed by atoms with van der Waals surface area (Å²) in [5, 5.41) is 8.59. The number of anilines is 1. The third kappa shape index (κ3) is 2.19. The molecule has 1 heterocycles. The predicted molar refractivity (Wildman–Crippen MR) is 66.4 cm³/mol. The van der Waals surface area contributed by atoms with Crippen molar-refractivity contribution in [3.05, 3.63) is 29.8 Å². The molecule has 0 bridgehead atoms. The summed E-state index contributed by atoms with van der Waals surface area (Å²) in [5.74, 6) is 0. The molecule has 0 fully saturated rings. The third-order valence-electron chi connectivity index (χ3n) is 3.35. The van der Waals surface area contributed by atoms with E-state index in [1.54, 1.807) is 0 Å². The molecule has 0 amide bonds. The normalized spacial score (nSPS) is 19.0. The fourth-order valence-electron chi connectivity index (χ4n) is 2.43. The van der Waals surface area contributed by atoms with E-state index >= 15 is 0 Å². The van der Waals surface area contributed by atoms with Crippen molar-refractivity contribution in [2.24, 2.45) is 0 Å². The quantitative estimate of drug-likeness (QED) is 0.723. The first-order valence-electron chi connectivity index (χ1n) is 6.04. The first-order valence-corrected chi connectivity index (χ1v) is 6.04. The Bertz CT molecular complexity index is 392. The van der Waals surface area contributed by atoms with Gasteiger partial charge in [0, 0.05) is 24.7 Å². The van der Waals surface area contributed by atoms with Gasteiger partial charge in [0.2, 0.25) is 0 Å². The van der Waals surface area contributed by atoms with Crippen LogP contribution in [0.5, 0.6) is 0 Å². The fourth-order valence-corrected chi connectivity index (χ4v) is 2.43. The van der Waals surface area contributed by atoms with Crippen LogP contribution >= 0.6 is 0 Å². The Morgan fingerprint density at radius 2 is 2.25 bits per heavy atom. The van der Waals surface area contributed by atoms with E-state index in [1.807, 2.05) is 0 Å². The van der Waals surface area contributed by atoms with Gasteiger partial charge in [0.15, 0.2) is 0 Å². The summed E-state index contributed by atoms with van der Waals surface area (Å²) in [7, 11) is 0. The van der Waals surface area contributed by atoms with Crippen molar-refractivity contribution in [1.82, 2.24) is 0 Å². The molecule has 16 heavy (non-hydrogen) atoms. The minimum Gasteiger partial charge on any atom is -0.369 e. The van der Waals surface area contributed by atoms with Crippen LogP contribution in [0.15, 0.2) is 24.3 Å². The number of fused-ring (bicyclic) bond motifs is 1. The van der Waals surface area contributed by atoms with Crippen molar-refractivity contribution >= 4 is 5.69 Å². The Morgan fingerprint density at radius 3 is 3.06 bits per heavy atom. The third-order valence-corrected chi connectivity index (χ3v) is 3.35. The Hall–Kier alpha value is -1.49. The molecule has 1 atom stereocenters. The average molecular weight is 214 g/mol. The van der Waals surface area contributed by atoms with Crippen molar-refractivity contribution in [3.63, 3.8) is 0 Å². The van der Waals surface area contributed by atoms with Crippen LogP contribution < -0.4 is 4.90 Å². The van der Waals surface area contributed by atoms with Crippen LogP contribution in [0.2, 0.25) is 0 Å². The molecular weight excluding hydrogens is 196 g/mol. The van der Waals surface area contributed by atoms with Gasteiger partial charge in [-0.3, -0.25) is 0 Å². The average Bonchev–Trinajstić information content (AvgIpc) is 2.32. The molecule has 2 nitrogen and oxygen atoms in total. The maximum absolute atomic E-state index is 8.59. The lowest BCUT2D eigenvalue weighted by Gasteiger charge is -2.37. The monoisotopic (exact) mass is 214 g/mol. The van der Waals surface area contributed by atoms with Gasteiger partial charge < -0.3 is 4.90 Å². The van der Waals surface area contributed by atoms with E-state index in [0.717, 1.165) is 13.0 Å². The van der Waals surface area contributed by atoms with Crippen LogP contribution in [0.1, 0.15) is 31.7 Å². The number of rotatable bonds is 3. The Labute approximate surface area is 97.5 Å². The summed E-state index contributed by atoms with van der Waals surface area (Å²) in [6.45, 7) is 3.29. The van der Waals surface area contributed by atoms with E-state index in [1.165, 1.54) is 24.1 Å². The second-order valence-corrected chi connectivity index (χ2v) is 4.47. The molecule has 0 saturated heterocycles. The SMILES string of the molecule is CC1CCc2ccccc2N1CCCC#N. The summed E-state index contributed by atoms with van der Waals surface area (Å²) >= 11 is 0. The second kappa shape index (κ2) is 5.03. The van der Waals surface area contributed by atoms with Gasteiger partial charge in [-0.2, -0.15) is 5.26 Å². The number of unbranched alkanes of at least 4 members (excludes halogenated alkanes) is 1. The summed E-state index contributed by atoms with van der Waals surface area (Å²) in [6.07, 6.45) is 4.04. The van der Waals surface area contributed by atoms with Crippen LogP contribution in [0, 0.1) is 11.3 Å². The van der Waals surface area contributed by atoms with Crippen molar-refractivity contribution in [2.75, 3.05) is 11.4 Å². The Morgan fingerprint density at radius 1 is 1.44 bits per heavy atom. The molecular formula is C14H18N2. The van der Waals surface area contributed by atoms with Crippen LogP contribution in [0.25, 0.3) is 0 Å². The molecule has 1 aromatic carbocycles. The van der Waals surface area contributed by atoms with Gasteiger partial charge >= 0.3 is 0 Å². The molecule has 1 aromatic rings. The van der Waals surface area contributed by atoms with Gasteiger partial charge in [0.05, 0.1) is 6.07 Å². The predicted octanol–water partition coefficient (Wildman–Crippen LogP) is 3.13. The second-order valence-electron chi connectivity index (χ2n) is 4.47. The molecule has 1 unspecified atom stereocenters. The zero-order chi connectivity index (χ0) is 11.4.